The molecule has 3 N–H and O–H groups in total. The Morgan fingerprint density at radius 2 is 2.50 bits per heavy atom. The van der Waals surface area contributed by atoms with Gasteiger partial charge in [-0.3, -0.25) is 0 Å². The molecule has 1 aromatic heterocycles. The van der Waals surface area contributed by atoms with E-state index in [0.29, 0.717) is 22.9 Å². The predicted molar refractivity (Wildman–Crippen MR) is 58.7 cm³/mol. The number of nitrogens with one attached hydrogen (secondary N) is 1. The van der Waals surface area contributed by atoms with Gasteiger partial charge in [0, 0.05) is 6.54 Å². The number of anilines is 2. The molecule has 14 heavy (non-hydrogen) atoms. The normalized spacial score (nSPS) is 9.14. The smallest absolute Gasteiger partial charge is 0.177 e. The fourth-order valence-corrected chi connectivity index (χ4v) is 1.89. The molecule has 0 radical (unpaired) electrons. The zero-order valence-electron chi connectivity index (χ0n) is 7.83. The number of methoxy groups -OCH3 is 1. The molecule has 0 fully saturated rings. The first-order valence-corrected chi connectivity index (χ1v) is 4.77. The Labute approximate surface area is 86.6 Å². The fraction of sp³-hybridized carbons (Fsp3) is 0.222. The molecule has 0 bridgehead atoms. The van der Waals surface area contributed by atoms with Gasteiger partial charge in [0.05, 0.1) is 7.11 Å². The van der Waals surface area contributed by atoms with Crippen molar-refractivity contribution in [3.8, 4) is 11.8 Å². The Bertz CT molecular complexity index is 378. The third-order valence-electron chi connectivity index (χ3n) is 1.61. The molecule has 0 aliphatic heterocycles. The molecule has 0 aromatic carbocycles. The highest BCUT2D eigenvalue weighted by Crippen LogP contribution is 2.41. The molecule has 4 nitrogen and oxygen atoms in total. The van der Waals surface area contributed by atoms with Gasteiger partial charge in [-0.1, -0.05) is 6.08 Å². The molecule has 0 saturated carbocycles. The summed E-state index contributed by atoms with van der Waals surface area (Å²) in [6.07, 6.45) is 1.72. The Morgan fingerprint density at radius 3 is 3.00 bits per heavy atom. The summed E-state index contributed by atoms with van der Waals surface area (Å²) in [5.74, 6) is 0.536. The fourth-order valence-electron chi connectivity index (χ4n) is 0.996. The lowest BCUT2D eigenvalue weighted by Crippen LogP contribution is -1.98. The van der Waals surface area contributed by atoms with Crippen molar-refractivity contribution in [3.63, 3.8) is 0 Å². The molecule has 0 aliphatic rings. The molecule has 0 atom stereocenters. The second-order valence-corrected chi connectivity index (χ2v) is 3.51. The average Bonchev–Trinajstić information content (AvgIpc) is 2.51. The van der Waals surface area contributed by atoms with Crippen LogP contribution in [0.5, 0.6) is 5.75 Å². The quantitative estimate of drug-likeness (QED) is 0.742. The van der Waals surface area contributed by atoms with E-state index in [4.69, 9.17) is 15.7 Å². The van der Waals surface area contributed by atoms with Gasteiger partial charge in [0.1, 0.15) is 21.6 Å². The average molecular weight is 209 g/mol. The molecule has 0 saturated heterocycles. The van der Waals surface area contributed by atoms with Gasteiger partial charge in [-0.25, -0.2) is 0 Å². The number of thiophene rings is 1. The molecular weight excluding hydrogens is 198 g/mol. The highest BCUT2D eigenvalue weighted by atomic mass is 32.1. The van der Waals surface area contributed by atoms with Crippen LogP contribution >= 0.6 is 11.3 Å². The lowest BCUT2D eigenvalue weighted by Gasteiger charge is -2.03. The van der Waals surface area contributed by atoms with Crippen molar-refractivity contribution < 1.29 is 4.74 Å². The second kappa shape index (κ2) is 4.53. The van der Waals surface area contributed by atoms with Crippen molar-refractivity contribution in [2.24, 2.45) is 0 Å². The number of hydrogen-bond donors (Lipinski definition) is 2. The van der Waals surface area contributed by atoms with Crippen molar-refractivity contribution in [2.75, 3.05) is 24.7 Å². The van der Waals surface area contributed by atoms with Gasteiger partial charge in [-0.05, 0) is 0 Å². The van der Waals surface area contributed by atoms with Crippen LogP contribution in [0.4, 0.5) is 10.7 Å². The molecule has 74 valence electrons. The summed E-state index contributed by atoms with van der Waals surface area (Å²) in [7, 11) is 1.53. The van der Waals surface area contributed by atoms with Crippen molar-refractivity contribution >= 4 is 22.0 Å². The number of nitrogens with zero attached hydrogens (tertiary/aromatic N) is 1. The molecule has 0 amide bonds. The van der Waals surface area contributed by atoms with Crippen molar-refractivity contribution in [3.05, 3.63) is 17.5 Å². The first-order chi connectivity index (χ1) is 6.74. The van der Waals surface area contributed by atoms with Gasteiger partial charge in [-0.15, -0.1) is 17.9 Å². The van der Waals surface area contributed by atoms with E-state index in [2.05, 4.69) is 11.9 Å². The van der Waals surface area contributed by atoms with Crippen molar-refractivity contribution in [2.45, 2.75) is 0 Å². The van der Waals surface area contributed by atoms with E-state index in [1.807, 2.05) is 6.07 Å². The van der Waals surface area contributed by atoms with Crippen LogP contribution in [0.15, 0.2) is 12.7 Å². The van der Waals surface area contributed by atoms with E-state index in [1.165, 1.54) is 18.4 Å². The van der Waals surface area contributed by atoms with Gasteiger partial charge >= 0.3 is 0 Å². The minimum absolute atomic E-state index is 0.395. The molecule has 5 heteroatoms. The van der Waals surface area contributed by atoms with Gasteiger partial charge in [0.15, 0.2) is 5.75 Å². The molecule has 0 unspecified atom stereocenters. The Kier molecular flexibility index (Phi) is 3.37. The van der Waals surface area contributed by atoms with Gasteiger partial charge in [-0.2, -0.15) is 5.26 Å². The maximum Gasteiger partial charge on any atom is 0.177 e. The van der Waals surface area contributed by atoms with Crippen LogP contribution in [0, 0.1) is 11.3 Å². The monoisotopic (exact) mass is 209 g/mol. The van der Waals surface area contributed by atoms with Crippen molar-refractivity contribution in [1.82, 2.24) is 0 Å². The summed E-state index contributed by atoms with van der Waals surface area (Å²) < 4.78 is 5.09. The largest absolute Gasteiger partial charge is 0.492 e. The number of nitriles is 1. The maximum atomic E-state index is 8.75. The van der Waals surface area contributed by atoms with Crippen LogP contribution in [0.2, 0.25) is 0 Å². The first-order valence-electron chi connectivity index (χ1n) is 3.95. The van der Waals surface area contributed by atoms with Crippen LogP contribution in [0.25, 0.3) is 0 Å². The summed E-state index contributed by atoms with van der Waals surface area (Å²) in [5, 5.41) is 12.6. The summed E-state index contributed by atoms with van der Waals surface area (Å²) in [4.78, 5) is 0.466. The van der Waals surface area contributed by atoms with Gasteiger partial charge in [0.2, 0.25) is 0 Å². The lowest BCUT2D eigenvalue weighted by molar-refractivity contribution is 0.420. The summed E-state index contributed by atoms with van der Waals surface area (Å²) in [6, 6.07) is 2.01. The number of nitrogens with two attached hydrogens (primary N) is 1. The maximum absolute atomic E-state index is 8.75. The number of nitrogen functional groups attached to an aromatic ring is 1. The SMILES string of the molecule is C=CCNc1sc(C#N)c(N)c1OC. The third-order valence-corrected chi connectivity index (χ3v) is 2.66. The minimum Gasteiger partial charge on any atom is -0.492 e. The molecule has 0 spiro atoms. The van der Waals surface area contributed by atoms with Crippen molar-refractivity contribution in [1.29, 1.82) is 5.26 Å². The lowest BCUT2D eigenvalue weighted by atomic mass is 10.4. The highest BCUT2D eigenvalue weighted by Gasteiger charge is 2.15. The van der Waals surface area contributed by atoms with Crippen LogP contribution in [-0.4, -0.2) is 13.7 Å². The van der Waals surface area contributed by atoms with Gasteiger partial charge < -0.3 is 15.8 Å². The highest BCUT2D eigenvalue weighted by molar-refractivity contribution is 7.17. The number of rotatable bonds is 4. The second-order valence-electron chi connectivity index (χ2n) is 2.49. The molecule has 1 heterocycles. The molecular formula is C9H11N3OS. The summed E-state index contributed by atoms with van der Waals surface area (Å²) in [5.41, 5.74) is 6.09. The van der Waals surface area contributed by atoms with Gasteiger partial charge in [0.25, 0.3) is 0 Å². The first kappa shape index (κ1) is 10.4. The number of ether oxygens (including phenoxy) is 1. The molecule has 1 aromatic rings. The van der Waals surface area contributed by atoms with E-state index < -0.39 is 0 Å². The standard InChI is InChI=1S/C9H11N3OS/c1-3-4-12-9-8(13-2)7(11)6(5-10)14-9/h3,12H,1,4,11H2,2H3. The van der Waals surface area contributed by atoms with E-state index in [1.54, 1.807) is 6.08 Å². The Balaban J connectivity index is 3.04. The van der Waals surface area contributed by atoms with Crippen LogP contribution in [0.1, 0.15) is 4.88 Å². The Morgan fingerprint density at radius 1 is 1.79 bits per heavy atom. The third kappa shape index (κ3) is 1.80. The minimum atomic E-state index is 0.395. The topological polar surface area (TPSA) is 71.1 Å². The number of hydrogen-bond acceptors (Lipinski definition) is 5. The zero-order chi connectivity index (χ0) is 10.6. The van der Waals surface area contributed by atoms with E-state index in [-0.39, 0.29) is 0 Å². The van der Waals surface area contributed by atoms with Crippen LogP contribution in [0.3, 0.4) is 0 Å². The summed E-state index contributed by atoms with van der Waals surface area (Å²) in [6.45, 7) is 4.20. The van der Waals surface area contributed by atoms with Crippen LogP contribution in [-0.2, 0) is 0 Å². The van der Waals surface area contributed by atoms with E-state index >= 15 is 0 Å². The predicted octanol–water partition coefficient (Wildman–Crippen LogP) is 1.81. The molecule has 1 rings (SSSR count). The molecule has 0 aliphatic carbocycles. The van der Waals surface area contributed by atoms with Crippen LogP contribution < -0.4 is 15.8 Å². The van der Waals surface area contributed by atoms with E-state index in [9.17, 15) is 0 Å². The Hall–Kier alpha value is -1.67. The zero-order valence-corrected chi connectivity index (χ0v) is 8.65. The van der Waals surface area contributed by atoms with E-state index in [0.717, 1.165) is 5.00 Å². The summed E-state index contributed by atoms with van der Waals surface area (Å²) >= 11 is 1.28.